The zero-order valence-electron chi connectivity index (χ0n) is 5.65. The Labute approximate surface area is 57.4 Å². The Morgan fingerprint density at radius 3 is 2.38 bits per heavy atom. The van der Waals surface area contributed by atoms with Gasteiger partial charge in [0, 0.05) is 5.75 Å². The van der Waals surface area contributed by atoms with Gasteiger partial charge in [0.2, 0.25) is 0 Å². The first-order valence-electron chi connectivity index (χ1n) is 3.00. The summed E-state index contributed by atoms with van der Waals surface area (Å²) < 4.78 is 0. The number of rotatable bonds is 3. The highest BCUT2D eigenvalue weighted by Gasteiger charge is 1.99. The molecule has 0 bridgehead atoms. The van der Waals surface area contributed by atoms with E-state index < -0.39 is 0 Å². The van der Waals surface area contributed by atoms with Crippen LogP contribution in [-0.2, 0) is 0 Å². The van der Waals surface area contributed by atoms with Crippen LogP contribution >= 0.6 is 12.6 Å². The molecule has 0 aliphatic heterocycles. The molecule has 0 nitrogen and oxygen atoms in total. The van der Waals surface area contributed by atoms with Gasteiger partial charge >= 0.3 is 0 Å². The molecule has 0 heterocycles. The predicted octanol–water partition coefficient (Wildman–Crippen LogP) is 2.52. The Bertz CT molecular complexity index is 76.5. The average Bonchev–Trinajstić information content (AvgIpc) is 1.84. The molecular weight excluding hydrogens is 116 g/mol. The molecule has 0 saturated heterocycles. The van der Waals surface area contributed by atoms with Gasteiger partial charge in [0.25, 0.3) is 0 Å². The minimum Gasteiger partial charge on any atom is -0.175 e. The van der Waals surface area contributed by atoms with Gasteiger partial charge < -0.3 is 0 Å². The van der Waals surface area contributed by atoms with Crippen LogP contribution in [0, 0.1) is 5.92 Å². The summed E-state index contributed by atoms with van der Waals surface area (Å²) in [6.45, 7) is 8.21. The SMILES string of the molecule is C=C(CS)C(C)CC. The van der Waals surface area contributed by atoms with E-state index in [1.807, 2.05) is 0 Å². The normalized spacial score (nSPS) is 13.4. The molecule has 0 amide bonds. The zero-order valence-corrected chi connectivity index (χ0v) is 6.54. The summed E-state index contributed by atoms with van der Waals surface area (Å²) in [6, 6.07) is 0. The van der Waals surface area contributed by atoms with E-state index in [4.69, 9.17) is 0 Å². The van der Waals surface area contributed by atoms with Crippen molar-refractivity contribution in [3.05, 3.63) is 12.2 Å². The second-order valence-electron chi connectivity index (χ2n) is 2.13. The van der Waals surface area contributed by atoms with Gasteiger partial charge in [-0.05, 0) is 12.3 Å². The highest BCUT2D eigenvalue weighted by atomic mass is 32.1. The highest BCUT2D eigenvalue weighted by molar-refractivity contribution is 7.80. The molecule has 0 N–H and O–H groups in total. The minimum absolute atomic E-state index is 0.646. The van der Waals surface area contributed by atoms with Crippen LogP contribution in [0.25, 0.3) is 0 Å². The first-order valence-corrected chi connectivity index (χ1v) is 3.64. The van der Waals surface area contributed by atoms with Crippen LogP contribution in [-0.4, -0.2) is 5.75 Å². The van der Waals surface area contributed by atoms with E-state index in [-0.39, 0.29) is 0 Å². The standard InChI is InChI=1S/C7H14S/c1-4-6(2)7(3)5-8/h6,8H,3-5H2,1-2H3. The van der Waals surface area contributed by atoms with Gasteiger partial charge in [-0.15, -0.1) is 0 Å². The van der Waals surface area contributed by atoms with Gasteiger partial charge in [-0.2, -0.15) is 12.6 Å². The molecule has 1 unspecified atom stereocenters. The summed E-state index contributed by atoms with van der Waals surface area (Å²) in [4.78, 5) is 0. The van der Waals surface area contributed by atoms with Gasteiger partial charge in [-0.1, -0.05) is 26.0 Å². The molecule has 0 fully saturated rings. The molecule has 0 spiro atoms. The topological polar surface area (TPSA) is 0 Å². The average molecular weight is 130 g/mol. The van der Waals surface area contributed by atoms with Gasteiger partial charge in [0.15, 0.2) is 0 Å². The third-order valence-electron chi connectivity index (χ3n) is 1.51. The molecule has 0 aliphatic rings. The lowest BCUT2D eigenvalue weighted by Crippen LogP contribution is -1.96. The first-order chi connectivity index (χ1) is 3.72. The summed E-state index contributed by atoms with van der Waals surface area (Å²) in [7, 11) is 0. The quantitative estimate of drug-likeness (QED) is 0.440. The number of hydrogen-bond donors (Lipinski definition) is 1. The molecule has 1 heteroatoms. The summed E-state index contributed by atoms with van der Waals surface area (Å²) in [5.41, 5.74) is 1.25. The molecule has 8 heavy (non-hydrogen) atoms. The van der Waals surface area contributed by atoms with Crippen LogP contribution in [0.3, 0.4) is 0 Å². The molecule has 48 valence electrons. The van der Waals surface area contributed by atoms with Crippen molar-refractivity contribution >= 4 is 12.6 Å². The Morgan fingerprint density at radius 1 is 1.75 bits per heavy atom. The Balaban J connectivity index is 3.46. The van der Waals surface area contributed by atoms with E-state index in [1.165, 1.54) is 12.0 Å². The van der Waals surface area contributed by atoms with Gasteiger partial charge in [0.05, 0.1) is 0 Å². The maximum atomic E-state index is 4.11. The molecular formula is C7H14S. The fourth-order valence-corrected chi connectivity index (χ4v) is 0.756. The molecule has 0 rings (SSSR count). The van der Waals surface area contributed by atoms with Crippen molar-refractivity contribution in [2.24, 2.45) is 5.92 Å². The monoisotopic (exact) mass is 130 g/mol. The second kappa shape index (κ2) is 4.02. The Hall–Kier alpha value is 0.0900. The highest BCUT2D eigenvalue weighted by Crippen LogP contribution is 2.12. The van der Waals surface area contributed by atoms with Gasteiger partial charge in [0.1, 0.15) is 0 Å². The van der Waals surface area contributed by atoms with Crippen molar-refractivity contribution < 1.29 is 0 Å². The van der Waals surface area contributed by atoms with Crippen LogP contribution in [0.1, 0.15) is 20.3 Å². The maximum absolute atomic E-state index is 4.11. The molecule has 0 aromatic rings. The smallest absolute Gasteiger partial charge is 0.0112 e. The van der Waals surface area contributed by atoms with Crippen molar-refractivity contribution in [3.8, 4) is 0 Å². The predicted molar refractivity (Wildman–Crippen MR) is 42.4 cm³/mol. The third-order valence-corrected chi connectivity index (χ3v) is 1.92. The summed E-state index contributed by atoms with van der Waals surface area (Å²) in [6.07, 6.45) is 1.18. The zero-order chi connectivity index (χ0) is 6.57. The van der Waals surface area contributed by atoms with Crippen LogP contribution in [0.5, 0.6) is 0 Å². The molecule has 0 radical (unpaired) electrons. The fourth-order valence-electron chi connectivity index (χ4n) is 0.445. The van der Waals surface area contributed by atoms with E-state index in [0.717, 1.165) is 5.75 Å². The largest absolute Gasteiger partial charge is 0.175 e. The second-order valence-corrected chi connectivity index (χ2v) is 2.44. The molecule has 0 saturated carbocycles. The fraction of sp³-hybridized carbons (Fsp3) is 0.714. The molecule has 1 atom stereocenters. The van der Waals surface area contributed by atoms with Gasteiger partial charge in [-0.3, -0.25) is 0 Å². The Morgan fingerprint density at radius 2 is 2.25 bits per heavy atom. The molecule has 0 aromatic heterocycles. The van der Waals surface area contributed by atoms with Crippen molar-refractivity contribution in [2.45, 2.75) is 20.3 Å². The van der Waals surface area contributed by atoms with Crippen molar-refractivity contribution in [2.75, 3.05) is 5.75 Å². The van der Waals surface area contributed by atoms with Gasteiger partial charge in [-0.25, -0.2) is 0 Å². The van der Waals surface area contributed by atoms with E-state index >= 15 is 0 Å². The van der Waals surface area contributed by atoms with E-state index in [2.05, 4.69) is 33.1 Å². The molecule has 0 aliphatic carbocycles. The lowest BCUT2D eigenvalue weighted by atomic mass is 10.0. The maximum Gasteiger partial charge on any atom is 0.0112 e. The number of hydrogen-bond acceptors (Lipinski definition) is 1. The summed E-state index contributed by atoms with van der Waals surface area (Å²) >= 11 is 4.11. The first kappa shape index (κ1) is 8.09. The van der Waals surface area contributed by atoms with Crippen molar-refractivity contribution in [1.82, 2.24) is 0 Å². The van der Waals surface area contributed by atoms with Crippen LogP contribution < -0.4 is 0 Å². The Kier molecular flexibility index (Phi) is 4.06. The summed E-state index contributed by atoms with van der Waals surface area (Å²) in [5, 5.41) is 0. The summed E-state index contributed by atoms with van der Waals surface area (Å²) in [5.74, 6) is 1.47. The minimum atomic E-state index is 0.646. The third kappa shape index (κ3) is 2.41. The molecule has 0 aromatic carbocycles. The lowest BCUT2D eigenvalue weighted by Gasteiger charge is -2.07. The van der Waals surface area contributed by atoms with Crippen molar-refractivity contribution in [3.63, 3.8) is 0 Å². The van der Waals surface area contributed by atoms with Crippen LogP contribution in [0.4, 0.5) is 0 Å². The van der Waals surface area contributed by atoms with Crippen LogP contribution in [0.15, 0.2) is 12.2 Å². The van der Waals surface area contributed by atoms with Crippen LogP contribution in [0.2, 0.25) is 0 Å². The van der Waals surface area contributed by atoms with E-state index in [1.54, 1.807) is 0 Å². The number of thiol groups is 1. The van der Waals surface area contributed by atoms with Crippen molar-refractivity contribution in [1.29, 1.82) is 0 Å². The van der Waals surface area contributed by atoms with E-state index in [9.17, 15) is 0 Å². The lowest BCUT2D eigenvalue weighted by molar-refractivity contribution is 0.661. The van der Waals surface area contributed by atoms with E-state index in [0.29, 0.717) is 5.92 Å².